The van der Waals surface area contributed by atoms with E-state index in [-0.39, 0.29) is 15.8 Å². The first-order chi connectivity index (χ1) is 10.6. The van der Waals surface area contributed by atoms with Crippen LogP contribution in [0.4, 0.5) is 10.1 Å². The summed E-state index contributed by atoms with van der Waals surface area (Å²) in [5.41, 5.74) is -0.552. The lowest BCUT2D eigenvalue weighted by molar-refractivity contribution is -0.385. The Morgan fingerprint density at radius 1 is 1.13 bits per heavy atom. The van der Waals surface area contributed by atoms with Crippen LogP contribution in [0.25, 0.3) is 0 Å². The molecule has 0 bridgehead atoms. The Bertz CT molecular complexity index is 905. The van der Waals surface area contributed by atoms with Crippen molar-refractivity contribution in [3.63, 3.8) is 0 Å². The highest BCUT2D eigenvalue weighted by Gasteiger charge is 2.21. The molecule has 2 N–H and O–H groups in total. The summed E-state index contributed by atoms with van der Waals surface area (Å²) in [5.74, 6) is -1.61. The van der Waals surface area contributed by atoms with Crippen LogP contribution in [0.2, 0.25) is 10.0 Å². The van der Waals surface area contributed by atoms with E-state index in [1.807, 2.05) is 0 Å². The molecule has 0 heterocycles. The van der Waals surface area contributed by atoms with Crippen molar-refractivity contribution in [3.05, 3.63) is 56.3 Å². The third kappa shape index (κ3) is 3.88. The zero-order valence-electron chi connectivity index (χ0n) is 11.0. The van der Waals surface area contributed by atoms with Crippen LogP contribution in [0, 0.1) is 15.9 Å². The molecule has 2 aromatic rings. The molecule has 0 aliphatic heterocycles. The number of nitro groups is 1. The van der Waals surface area contributed by atoms with Crippen LogP contribution >= 0.6 is 23.2 Å². The van der Waals surface area contributed by atoms with Crippen molar-refractivity contribution in [2.45, 2.75) is 4.90 Å². The maximum atomic E-state index is 13.5. The summed E-state index contributed by atoms with van der Waals surface area (Å²) in [5, 5.41) is 15.6. The predicted molar refractivity (Wildman–Crippen MR) is 81.0 cm³/mol. The van der Waals surface area contributed by atoms with E-state index in [0.29, 0.717) is 0 Å². The number of nitrogens with two attached hydrogens (primary N) is 1. The second kappa shape index (κ2) is 6.28. The smallest absolute Gasteiger partial charge is 0.311 e. The minimum Gasteiger partial charge on any atom is -0.448 e. The van der Waals surface area contributed by atoms with Gasteiger partial charge in [0.15, 0.2) is 0 Å². The number of hydrogen-bond acceptors (Lipinski definition) is 5. The molecule has 122 valence electrons. The third-order valence-corrected chi connectivity index (χ3v) is 4.15. The van der Waals surface area contributed by atoms with E-state index in [4.69, 9.17) is 33.1 Å². The van der Waals surface area contributed by atoms with Crippen LogP contribution in [0.1, 0.15) is 0 Å². The molecule has 0 saturated carbocycles. The molecule has 0 spiro atoms. The minimum atomic E-state index is -4.12. The molecule has 0 unspecified atom stereocenters. The summed E-state index contributed by atoms with van der Waals surface area (Å²) in [4.78, 5) is 9.78. The number of halogens is 3. The number of hydrogen-bond donors (Lipinski definition) is 1. The lowest BCUT2D eigenvalue weighted by atomic mass is 10.3. The summed E-state index contributed by atoms with van der Waals surface area (Å²) < 4.78 is 41.3. The number of rotatable bonds is 4. The Balaban J connectivity index is 2.57. The summed E-state index contributed by atoms with van der Waals surface area (Å²) in [6.45, 7) is 0. The number of benzene rings is 2. The van der Waals surface area contributed by atoms with Crippen molar-refractivity contribution in [2.75, 3.05) is 0 Å². The third-order valence-electron chi connectivity index (χ3n) is 2.65. The summed E-state index contributed by atoms with van der Waals surface area (Å²) in [6.07, 6.45) is 0. The largest absolute Gasteiger partial charge is 0.448 e. The van der Waals surface area contributed by atoms with Gasteiger partial charge in [-0.1, -0.05) is 23.2 Å². The standard InChI is InChI=1S/C12H7Cl2FN2O5S/c13-7-4-8(14)11(5-9(7)15)22-12-3-6(23(16,20)21)1-2-10(12)17(18)19/h1-5H,(H2,16,20,21). The molecule has 11 heteroatoms. The molecule has 23 heavy (non-hydrogen) atoms. The lowest BCUT2D eigenvalue weighted by Crippen LogP contribution is -2.12. The molecule has 0 aliphatic rings. The Hall–Kier alpha value is -1.94. The van der Waals surface area contributed by atoms with Gasteiger partial charge in [-0.25, -0.2) is 17.9 Å². The van der Waals surface area contributed by atoms with Crippen LogP contribution in [-0.4, -0.2) is 13.3 Å². The SMILES string of the molecule is NS(=O)(=O)c1ccc([N+](=O)[O-])c(Oc2cc(F)c(Cl)cc2Cl)c1. The van der Waals surface area contributed by atoms with Crippen molar-refractivity contribution in [1.29, 1.82) is 0 Å². The Morgan fingerprint density at radius 3 is 2.35 bits per heavy atom. The highest BCUT2D eigenvalue weighted by molar-refractivity contribution is 7.89. The van der Waals surface area contributed by atoms with Gasteiger partial charge in [-0.3, -0.25) is 10.1 Å². The summed E-state index contributed by atoms with van der Waals surface area (Å²) >= 11 is 11.4. The molecule has 0 amide bonds. The zero-order chi connectivity index (χ0) is 17.4. The number of nitro benzene ring substituents is 1. The number of ether oxygens (including phenoxy) is 1. The van der Waals surface area contributed by atoms with Gasteiger partial charge in [-0.2, -0.15) is 0 Å². The van der Waals surface area contributed by atoms with E-state index in [1.165, 1.54) is 0 Å². The van der Waals surface area contributed by atoms with Crippen LogP contribution in [0.5, 0.6) is 11.5 Å². The van der Waals surface area contributed by atoms with Crippen molar-refractivity contribution in [1.82, 2.24) is 0 Å². The fourth-order valence-electron chi connectivity index (χ4n) is 1.61. The van der Waals surface area contributed by atoms with Crippen molar-refractivity contribution in [2.24, 2.45) is 5.14 Å². The fourth-order valence-corrected chi connectivity index (χ4v) is 2.56. The molecule has 0 fully saturated rings. The molecular weight excluding hydrogens is 374 g/mol. The molecule has 0 atom stereocenters. The van der Waals surface area contributed by atoms with Gasteiger partial charge in [-0.05, 0) is 12.1 Å². The first-order valence-electron chi connectivity index (χ1n) is 5.73. The first kappa shape index (κ1) is 17.4. The molecule has 0 saturated heterocycles. The van der Waals surface area contributed by atoms with Gasteiger partial charge >= 0.3 is 5.69 Å². The molecule has 7 nitrogen and oxygen atoms in total. The first-order valence-corrected chi connectivity index (χ1v) is 8.03. The van der Waals surface area contributed by atoms with Gasteiger partial charge in [0, 0.05) is 18.2 Å². The second-order valence-corrected chi connectivity index (χ2v) is 6.61. The monoisotopic (exact) mass is 380 g/mol. The molecule has 0 aromatic heterocycles. The molecule has 0 aliphatic carbocycles. The number of nitrogens with zero attached hydrogens (tertiary/aromatic N) is 1. The lowest BCUT2D eigenvalue weighted by Gasteiger charge is -2.10. The van der Waals surface area contributed by atoms with Gasteiger partial charge in [0.25, 0.3) is 0 Å². The minimum absolute atomic E-state index is 0.119. The normalized spacial score (nSPS) is 11.3. The van der Waals surface area contributed by atoms with Gasteiger partial charge in [-0.15, -0.1) is 0 Å². The van der Waals surface area contributed by atoms with E-state index < -0.39 is 37.1 Å². The highest BCUT2D eigenvalue weighted by atomic mass is 35.5. The van der Waals surface area contributed by atoms with Crippen LogP contribution in [0.15, 0.2) is 35.2 Å². The number of sulfonamides is 1. The zero-order valence-corrected chi connectivity index (χ0v) is 13.3. The van der Waals surface area contributed by atoms with Crippen molar-refractivity contribution >= 4 is 38.9 Å². The Labute approximate surface area is 139 Å². The molecule has 0 radical (unpaired) electrons. The second-order valence-electron chi connectivity index (χ2n) is 4.23. The van der Waals surface area contributed by atoms with Crippen molar-refractivity contribution < 1.29 is 22.5 Å². The fraction of sp³-hybridized carbons (Fsp3) is 0. The van der Waals surface area contributed by atoms with Crippen LogP contribution < -0.4 is 9.88 Å². The predicted octanol–water partition coefficient (Wildman–Crippen LogP) is 3.48. The molecular formula is C12H7Cl2FN2O5S. The topological polar surface area (TPSA) is 113 Å². The van der Waals surface area contributed by atoms with Gasteiger partial charge < -0.3 is 4.74 Å². The maximum absolute atomic E-state index is 13.5. The van der Waals surface area contributed by atoms with Crippen LogP contribution in [-0.2, 0) is 10.0 Å². The average Bonchev–Trinajstić information content (AvgIpc) is 2.43. The average molecular weight is 381 g/mol. The van der Waals surface area contributed by atoms with Gasteiger partial charge in [0.1, 0.15) is 11.6 Å². The Kier molecular flexibility index (Phi) is 4.76. The molecule has 2 rings (SSSR count). The molecule has 2 aromatic carbocycles. The quantitative estimate of drug-likeness (QED) is 0.495. The van der Waals surface area contributed by atoms with Crippen LogP contribution in [0.3, 0.4) is 0 Å². The van der Waals surface area contributed by atoms with Crippen molar-refractivity contribution in [3.8, 4) is 11.5 Å². The van der Waals surface area contributed by atoms with E-state index in [2.05, 4.69) is 0 Å². The highest BCUT2D eigenvalue weighted by Crippen LogP contribution is 2.38. The van der Waals surface area contributed by atoms with E-state index in [1.54, 1.807) is 0 Å². The summed E-state index contributed by atoms with van der Waals surface area (Å²) in [7, 11) is -4.12. The summed E-state index contributed by atoms with van der Waals surface area (Å²) in [6, 6.07) is 4.55. The maximum Gasteiger partial charge on any atom is 0.311 e. The number of primary sulfonamides is 1. The Morgan fingerprint density at radius 2 is 1.78 bits per heavy atom. The van der Waals surface area contributed by atoms with E-state index in [0.717, 1.165) is 30.3 Å². The van der Waals surface area contributed by atoms with Gasteiger partial charge in [0.05, 0.1) is 19.9 Å². The van der Waals surface area contributed by atoms with E-state index >= 15 is 0 Å². The van der Waals surface area contributed by atoms with Gasteiger partial charge in [0.2, 0.25) is 15.8 Å². The van der Waals surface area contributed by atoms with E-state index in [9.17, 15) is 22.9 Å².